The van der Waals surface area contributed by atoms with Crippen LogP contribution >= 0.6 is 0 Å². The first-order chi connectivity index (χ1) is 7.20. The Kier molecular flexibility index (Phi) is 2.33. The van der Waals surface area contributed by atoms with Crippen LogP contribution in [0, 0.1) is 5.95 Å². The van der Waals surface area contributed by atoms with E-state index < -0.39 is 5.95 Å². The van der Waals surface area contributed by atoms with E-state index in [1.54, 1.807) is 37.5 Å². The lowest BCUT2D eigenvalue weighted by molar-refractivity contribution is 0.112. The van der Waals surface area contributed by atoms with Crippen molar-refractivity contribution in [2.45, 2.75) is 0 Å². The quantitative estimate of drug-likeness (QED) is 0.701. The number of rotatable bonds is 2. The Balaban J connectivity index is 2.45. The number of nitrogens with zero attached hydrogens (tertiary/aromatic N) is 2. The van der Waals surface area contributed by atoms with Crippen LogP contribution in [0.2, 0.25) is 0 Å². The maximum absolute atomic E-state index is 13.3. The molecule has 0 aliphatic carbocycles. The van der Waals surface area contributed by atoms with E-state index in [9.17, 15) is 9.18 Å². The SMILES string of the molecule is Cn1cc(-c2ccc(C=O)cc2)c(F)n1. The topological polar surface area (TPSA) is 34.9 Å². The minimum absolute atomic E-state index is 0.440. The maximum atomic E-state index is 13.3. The summed E-state index contributed by atoms with van der Waals surface area (Å²) in [5.41, 5.74) is 1.73. The summed E-state index contributed by atoms with van der Waals surface area (Å²) < 4.78 is 14.7. The van der Waals surface area contributed by atoms with Crippen molar-refractivity contribution in [1.82, 2.24) is 9.78 Å². The van der Waals surface area contributed by atoms with Gasteiger partial charge in [-0.2, -0.15) is 4.39 Å². The van der Waals surface area contributed by atoms with E-state index in [-0.39, 0.29) is 0 Å². The highest BCUT2D eigenvalue weighted by Crippen LogP contribution is 2.21. The van der Waals surface area contributed by atoms with Crippen LogP contribution in [0.1, 0.15) is 10.4 Å². The summed E-state index contributed by atoms with van der Waals surface area (Å²) in [6.07, 6.45) is 2.36. The molecule has 0 atom stereocenters. The minimum atomic E-state index is -0.503. The van der Waals surface area contributed by atoms with Crippen molar-refractivity contribution in [2.24, 2.45) is 7.05 Å². The summed E-state index contributed by atoms with van der Waals surface area (Å²) in [6.45, 7) is 0. The molecule has 0 amide bonds. The van der Waals surface area contributed by atoms with Crippen LogP contribution < -0.4 is 0 Å². The molecule has 0 saturated heterocycles. The predicted molar refractivity (Wildman–Crippen MR) is 54.0 cm³/mol. The lowest BCUT2D eigenvalue weighted by atomic mass is 10.1. The van der Waals surface area contributed by atoms with Gasteiger partial charge in [0.25, 0.3) is 0 Å². The van der Waals surface area contributed by atoms with Crippen molar-refractivity contribution >= 4 is 6.29 Å². The minimum Gasteiger partial charge on any atom is -0.298 e. The average molecular weight is 204 g/mol. The number of carbonyl (C=O) groups excluding carboxylic acids is 1. The van der Waals surface area contributed by atoms with E-state index in [0.29, 0.717) is 16.7 Å². The second-order valence-electron chi connectivity index (χ2n) is 3.25. The molecule has 15 heavy (non-hydrogen) atoms. The molecule has 4 heteroatoms. The molecule has 1 heterocycles. The fourth-order valence-electron chi connectivity index (χ4n) is 1.40. The van der Waals surface area contributed by atoms with Crippen LogP contribution in [-0.4, -0.2) is 16.1 Å². The zero-order chi connectivity index (χ0) is 10.8. The summed E-state index contributed by atoms with van der Waals surface area (Å²) in [7, 11) is 1.66. The normalized spacial score (nSPS) is 10.3. The van der Waals surface area contributed by atoms with Crippen molar-refractivity contribution in [3.63, 3.8) is 0 Å². The van der Waals surface area contributed by atoms with Crippen molar-refractivity contribution in [3.05, 3.63) is 42.0 Å². The Morgan fingerprint density at radius 3 is 2.47 bits per heavy atom. The highest BCUT2D eigenvalue weighted by Gasteiger charge is 2.08. The number of aryl methyl sites for hydroxylation is 1. The molecule has 0 fully saturated rings. The standard InChI is InChI=1S/C11H9FN2O/c1-14-6-10(11(12)13-14)9-4-2-8(7-15)3-5-9/h2-7H,1H3. The molecule has 0 N–H and O–H groups in total. The van der Waals surface area contributed by atoms with E-state index in [4.69, 9.17) is 0 Å². The van der Waals surface area contributed by atoms with Crippen molar-refractivity contribution in [2.75, 3.05) is 0 Å². The molecular formula is C11H9FN2O. The first-order valence-electron chi connectivity index (χ1n) is 4.45. The van der Waals surface area contributed by atoms with Crippen LogP contribution in [0.15, 0.2) is 30.5 Å². The van der Waals surface area contributed by atoms with Gasteiger partial charge in [-0.05, 0) is 5.56 Å². The highest BCUT2D eigenvalue weighted by molar-refractivity contribution is 5.76. The van der Waals surface area contributed by atoms with Gasteiger partial charge in [-0.25, -0.2) is 0 Å². The second kappa shape index (κ2) is 3.65. The van der Waals surface area contributed by atoms with E-state index in [1.807, 2.05) is 0 Å². The van der Waals surface area contributed by atoms with Crippen molar-refractivity contribution in [1.29, 1.82) is 0 Å². The molecule has 0 saturated carbocycles. The van der Waals surface area contributed by atoms with Gasteiger partial charge >= 0.3 is 0 Å². The van der Waals surface area contributed by atoms with Gasteiger partial charge in [0.05, 0.1) is 5.56 Å². The Hall–Kier alpha value is -1.97. The van der Waals surface area contributed by atoms with Gasteiger partial charge in [0.15, 0.2) is 0 Å². The predicted octanol–water partition coefficient (Wildman–Crippen LogP) is 2.04. The molecule has 0 aliphatic rings. The van der Waals surface area contributed by atoms with Crippen LogP contribution in [0.4, 0.5) is 4.39 Å². The second-order valence-corrected chi connectivity index (χ2v) is 3.25. The summed E-state index contributed by atoms with van der Waals surface area (Å²) in [4.78, 5) is 10.4. The lowest BCUT2D eigenvalue weighted by Crippen LogP contribution is -1.86. The molecule has 0 radical (unpaired) electrons. The molecule has 2 aromatic rings. The number of aromatic nitrogens is 2. The summed E-state index contributed by atoms with van der Waals surface area (Å²) in [6, 6.07) is 6.69. The number of hydrogen-bond acceptors (Lipinski definition) is 2. The number of hydrogen-bond donors (Lipinski definition) is 0. The lowest BCUT2D eigenvalue weighted by Gasteiger charge is -1.97. The zero-order valence-corrected chi connectivity index (χ0v) is 8.14. The van der Waals surface area contributed by atoms with E-state index in [1.165, 1.54) is 4.68 Å². The fourth-order valence-corrected chi connectivity index (χ4v) is 1.40. The molecular weight excluding hydrogens is 195 g/mol. The van der Waals surface area contributed by atoms with Crippen molar-refractivity contribution < 1.29 is 9.18 Å². The Morgan fingerprint density at radius 2 is 2.00 bits per heavy atom. The van der Waals surface area contributed by atoms with Crippen LogP contribution in [0.3, 0.4) is 0 Å². The molecule has 0 spiro atoms. The van der Waals surface area contributed by atoms with Crippen LogP contribution in [-0.2, 0) is 7.05 Å². The van der Waals surface area contributed by atoms with Gasteiger partial charge in [-0.1, -0.05) is 24.3 Å². The van der Waals surface area contributed by atoms with Crippen molar-refractivity contribution in [3.8, 4) is 11.1 Å². The third kappa shape index (κ3) is 1.79. The van der Waals surface area contributed by atoms with Gasteiger partial charge in [0.2, 0.25) is 5.95 Å². The molecule has 3 nitrogen and oxygen atoms in total. The molecule has 0 aliphatic heterocycles. The first kappa shape index (κ1) is 9.58. The number of aldehydes is 1. The molecule has 0 bridgehead atoms. The number of halogens is 1. The number of carbonyl (C=O) groups is 1. The maximum Gasteiger partial charge on any atom is 0.240 e. The van der Waals surface area contributed by atoms with Gasteiger partial charge in [-0.3, -0.25) is 9.48 Å². The molecule has 1 aromatic carbocycles. The van der Waals surface area contributed by atoms with Crippen LogP contribution in [0.25, 0.3) is 11.1 Å². The van der Waals surface area contributed by atoms with Gasteiger partial charge in [-0.15, -0.1) is 5.10 Å². The Bertz CT molecular complexity index is 488. The van der Waals surface area contributed by atoms with E-state index >= 15 is 0 Å². The molecule has 2 rings (SSSR count). The van der Waals surface area contributed by atoms with E-state index in [2.05, 4.69) is 5.10 Å². The fraction of sp³-hybridized carbons (Fsp3) is 0.0909. The van der Waals surface area contributed by atoms with Gasteiger partial charge in [0, 0.05) is 18.8 Å². The Labute approximate surface area is 86.2 Å². The van der Waals surface area contributed by atoms with Gasteiger partial charge < -0.3 is 0 Å². The smallest absolute Gasteiger partial charge is 0.240 e. The third-order valence-electron chi connectivity index (χ3n) is 2.14. The summed E-state index contributed by atoms with van der Waals surface area (Å²) in [5, 5.41) is 3.61. The highest BCUT2D eigenvalue weighted by atomic mass is 19.1. The molecule has 0 unspecified atom stereocenters. The monoisotopic (exact) mass is 204 g/mol. The van der Waals surface area contributed by atoms with E-state index in [0.717, 1.165) is 6.29 Å². The third-order valence-corrected chi connectivity index (χ3v) is 2.14. The number of benzene rings is 1. The van der Waals surface area contributed by atoms with Gasteiger partial charge in [0.1, 0.15) is 6.29 Å². The first-order valence-corrected chi connectivity index (χ1v) is 4.45. The zero-order valence-electron chi connectivity index (χ0n) is 8.14. The largest absolute Gasteiger partial charge is 0.298 e. The molecule has 76 valence electrons. The Morgan fingerprint density at radius 1 is 1.33 bits per heavy atom. The summed E-state index contributed by atoms with van der Waals surface area (Å²) in [5.74, 6) is -0.503. The average Bonchev–Trinajstić information content (AvgIpc) is 2.58. The van der Waals surface area contributed by atoms with Crippen LogP contribution in [0.5, 0.6) is 0 Å². The summed E-state index contributed by atoms with van der Waals surface area (Å²) >= 11 is 0. The molecule has 1 aromatic heterocycles.